The Morgan fingerprint density at radius 1 is 1.17 bits per heavy atom. The second kappa shape index (κ2) is 8.15. The van der Waals surface area contributed by atoms with Crippen molar-refractivity contribution >= 4 is 0 Å². The molecule has 0 saturated heterocycles. The molecule has 3 fully saturated rings. The molecule has 4 rings (SSSR count). The maximum Gasteiger partial charge on any atom is 0.0577 e. The van der Waals surface area contributed by atoms with Gasteiger partial charge in [0.2, 0.25) is 0 Å². The first kappa shape index (κ1) is 21.6. The Labute approximate surface area is 178 Å². The van der Waals surface area contributed by atoms with Gasteiger partial charge in [-0.1, -0.05) is 37.1 Å². The van der Waals surface area contributed by atoms with Gasteiger partial charge in [-0.25, -0.2) is 0 Å². The highest BCUT2D eigenvalue weighted by molar-refractivity contribution is 5.26. The lowest BCUT2D eigenvalue weighted by Gasteiger charge is -2.59. The predicted octanol–water partition coefficient (Wildman–Crippen LogP) is 6.28. The van der Waals surface area contributed by atoms with Gasteiger partial charge in [0.1, 0.15) is 0 Å². The van der Waals surface area contributed by atoms with Crippen LogP contribution in [0.2, 0.25) is 0 Å². The number of aliphatic hydroxyl groups excluding tert-OH is 2. The minimum atomic E-state index is -0.191. The van der Waals surface area contributed by atoms with Gasteiger partial charge in [0, 0.05) is 5.41 Å². The van der Waals surface area contributed by atoms with Gasteiger partial charge in [0.05, 0.1) is 12.7 Å². The molecule has 0 aromatic rings. The van der Waals surface area contributed by atoms with Crippen LogP contribution in [0, 0.1) is 40.4 Å². The van der Waals surface area contributed by atoms with Crippen molar-refractivity contribution in [2.75, 3.05) is 6.61 Å². The Kier molecular flexibility index (Phi) is 6.08. The van der Waals surface area contributed by atoms with Crippen LogP contribution in [0.25, 0.3) is 0 Å². The highest BCUT2D eigenvalue weighted by Crippen LogP contribution is 2.67. The van der Waals surface area contributed by atoms with Crippen LogP contribution >= 0.6 is 0 Å². The van der Waals surface area contributed by atoms with Gasteiger partial charge >= 0.3 is 0 Å². The monoisotopic (exact) mass is 400 g/mol. The van der Waals surface area contributed by atoms with Crippen LogP contribution < -0.4 is 0 Å². The summed E-state index contributed by atoms with van der Waals surface area (Å²) in [7, 11) is 0. The molecule has 164 valence electrons. The fourth-order valence-electron chi connectivity index (χ4n) is 8.54. The third-order valence-corrected chi connectivity index (χ3v) is 10.0. The molecule has 0 heterocycles. The largest absolute Gasteiger partial charge is 0.395 e. The van der Waals surface area contributed by atoms with Crippen molar-refractivity contribution in [2.24, 2.45) is 40.4 Å². The number of allylic oxidation sites excluding steroid dienone is 3. The second-order valence-electron chi connectivity index (χ2n) is 11.6. The molecule has 0 radical (unpaired) electrons. The molecule has 0 spiro atoms. The van der Waals surface area contributed by atoms with E-state index in [-0.39, 0.29) is 11.5 Å². The fraction of sp³-hybridized carbons (Fsp3) is 0.852. The summed E-state index contributed by atoms with van der Waals surface area (Å²) in [6.07, 6.45) is 16.5. The van der Waals surface area contributed by atoms with Crippen molar-refractivity contribution in [3.8, 4) is 0 Å². The van der Waals surface area contributed by atoms with Crippen LogP contribution in [0.4, 0.5) is 0 Å². The van der Waals surface area contributed by atoms with E-state index in [1.807, 2.05) is 0 Å². The zero-order valence-electron chi connectivity index (χ0n) is 19.3. The molecule has 29 heavy (non-hydrogen) atoms. The minimum absolute atomic E-state index is 0.0172. The zero-order valence-corrected chi connectivity index (χ0v) is 19.3. The third kappa shape index (κ3) is 3.57. The van der Waals surface area contributed by atoms with E-state index in [0.29, 0.717) is 17.9 Å². The smallest absolute Gasteiger partial charge is 0.0577 e. The number of hydrogen-bond donors (Lipinski definition) is 2. The first-order valence-corrected chi connectivity index (χ1v) is 12.4. The van der Waals surface area contributed by atoms with E-state index in [2.05, 4.69) is 39.8 Å². The van der Waals surface area contributed by atoms with Crippen LogP contribution in [0.5, 0.6) is 0 Å². The number of rotatable bonds is 5. The van der Waals surface area contributed by atoms with Crippen molar-refractivity contribution in [1.29, 1.82) is 0 Å². The van der Waals surface area contributed by atoms with Gasteiger partial charge in [-0.3, -0.25) is 0 Å². The van der Waals surface area contributed by atoms with Gasteiger partial charge in [-0.15, -0.1) is 0 Å². The summed E-state index contributed by atoms with van der Waals surface area (Å²) in [6.45, 7) is 9.85. The second-order valence-corrected chi connectivity index (χ2v) is 11.6. The molecule has 0 bridgehead atoms. The van der Waals surface area contributed by atoms with E-state index in [4.69, 9.17) is 0 Å². The summed E-state index contributed by atoms with van der Waals surface area (Å²) in [5.41, 5.74) is 3.32. The number of hydrogen-bond acceptors (Lipinski definition) is 2. The maximum absolute atomic E-state index is 10.6. The molecule has 2 N–H and O–H groups in total. The molecule has 4 aliphatic carbocycles. The molecule has 0 aromatic heterocycles. The van der Waals surface area contributed by atoms with Crippen molar-refractivity contribution < 1.29 is 10.2 Å². The topological polar surface area (TPSA) is 40.5 Å². The lowest BCUT2D eigenvalue weighted by molar-refractivity contribution is -0.0794. The van der Waals surface area contributed by atoms with Crippen molar-refractivity contribution in [1.82, 2.24) is 0 Å². The predicted molar refractivity (Wildman–Crippen MR) is 120 cm³/mol. The Bertz CT molecular complexity index is 659. The molecule has 0 amide bonds. The van der Waals surface area contributed by atoms with Gasteiger partial charge in [-0.05, 0) is 113 Å². The number of aliphatic hydroxyl groups is 2. The average molecular weight is 401 g/mol. The van der Waals surface area contributed by atoms with E-state index in [1.54, 1.807) is 0 Å². The fourth-order valence-corrected chi connectivity index (χ4v) is 8.54. The normalized spacial score (nSPS) is 44.9. The highest BCUT2D eigenvalue weighted by Gasteiger charge is 2.60. The lowest BCUT2D eigenvalue weighted by Crippen LogP contribution is -2.53. The minimum Gasteiger partial charge on any atom is -0.395 e. The maximum atomic E-state index is 10.6. The SMILES string of the molecule is CC(C)=CCCC(C)C1CCC2C3CC=C4CC(O)CCC4(CO)C3CCC12C. The summed E-state index contributed by atoms with van der Waals surface area (Å²) in [5, 5.41) is 20.8. The highest BCUT2D eigenvalue weighted by atomic mass is 16.3. The van der Waals surface area contributed by atoms with E-state index >= 15 is 0 Å². The third-order valence-electron chi connectivity index (χ3n) is 10.0. The van der Waals surface area contributed by atoms with Gasteiger partial charge in [0.25, 0.3) is 0 Å². The van der Waals surface area contributed by atoms with Crippen LogP contribution in [0.1, 0.15) is 91.9 Å². The average Bonchev–Trinajstić information content (AvgIpc) is 3.04. The molecular formula is C27H44O2. The van der Waals surface area contributed by atoms with Gasteiger partial charge in [-0.2, -0.15) is 0 Å². The molecule has 4 aliphatic rings. The zero-order chi connectivity index (χ0) is 20.8. The molecule has 2 nitrogen and oxygen atoms in total. The Morgan fingerprint density at radius 3 is 2.69 bits per heavy atom. The lowest BCUT2D eigenvalue weighted by atomic mass is 9.46. The molecule has 3 saturated carbocycles. The molecule has 8 unspecified atom stereocenters. The quantitative estimate of drug-likeness (QED) is 0.533. The Balaban J connectivity index is 1.54. The molecule has 2 heteroatoms. The van der Waals surface area contributed by atoms with Gasteiger partial charge in [0.15, 0.2) is 0 Å². The van der Waals surface area contributed by atoms with Gasteiger partial charge < -0.3 is 10.2 Å². The molecular weight excluding hydrogens is 356 g/mol. The first-order chi connectivity index (χ1) is 13.8. The Hall–Kier alpha value is -0.600. The standard InChI is InChI=1S/C27H44O2/c1-18(2)6-5-7-19(3)23-10-11-24-22-9-8-20-16-21(29)12-15-27(20,17-28)25(22)13-14-26(23,24)4/h6,8,19,21-25,28-29H,5,7,9-17H2,1-4H3. The summed E-state index contributed by atoms with van der Waals surface area (Å²) in [6, 6.07) is 0. The molecule has 8 atom stereocenters. The van der Waals surface area contributed by atoms with Crippen LogP contribution in [0.3, 0.4) is 0 Å². The summed E-state index contributed by atoms with van der Waals surface area (Å²) < 4.78 is 0. The van der Waals surface area contributed by atoms with Crippen molar-refractivity contribution in [3.63, 3.8) is 0 Å². The van der Waals surface area contributed by atoms with Crippen LogP contribution in [-0.2, 0) is 0 Å². The summed E-state index contributed by atoms with van der Waals surface area (Å²) in [4.78, 5) is 0. The summed E-state index contributed by atoms with van der Waals surface area (Å²) >= 11 is 0. The van der Waals surface area contributed by atoms with Crippen LogP contribution in [0.15, 0.2) is 23.3 Å². The number of fused-ring (bicyclic) bond motifs is 5. The van der Waals surface area contributed by atoms with E-state index in [1.165, 1.54) is 56.1 Å². The summed E-state index contributed by atoms with van der Waals surface area (Å²) in [5.74, 6) is 3.88. The first-order valence-electron chi connectivity index (χ1n) is 12.4. The van der Waals surface area contributed by atoms with E-state index in [0.717, 1.165) is 42.9 Å². The van der Waals surface area contributed by atoms with Crippen LogP contribution in [-0.4, -0.2) is 22.9 Å². The van der Waals surface area contributed by atoms with E-state index < -0.39 is 0 Å². The molecule has 0 aliphatic heterocycles. The van der Waals surface area contributed by atoms with Crippen molar-refractivity contribution in [2.45, 2.75) is 98.0 Å². The molecule has 0 aromatic carbocycles. The van der Waals surface area contributed by atoms with E-state index in [9.17, 15) is 10.2 Å². The Morgan fingerprint density at radius 2 is 1.97 bits per heavy atom. The van der Waals surface area contributed by atoms with Crippen molar-refractivity contribution in [3.05, 3.63) is 23.3 Å².